The fourth-order valence-corrected chi connectivity index (χ4v) is 7.03. The lowest BCUT2D eigenvalue weighted by molar-refractivity contribution is 0.260. The maximum Gasteiger partial charge on any atom is 0.284 e. The van der Waals surface area contributed by atoms with Gasteiger partial charge in [-0.25, -0.2) is 0 Å². The standard InChI is InChI=1S/C30H26Br2N4O4S2/c31-25-11-15-27(16-12-25)41(37,38)33-29(23-7-3-1-4-8-23)35-19-21-36(22-20-35)30(24-9-5-2-6-10-24)34-42(39,40)28-17-13-26(32)14-18-28/h1-18H,19-22H2/b33-29+,34-30+. The van der Waals surface area contributed by atoms with Crippen LogP contribution in [0.1, 0.15) is 11.1 Å². The van der Waals surface area contributed by atoms with Crippen molar-refractivity contribution < 1.29 is 16.8 Å². The third-order valence-corrected chi connectivity index (χ3v) is 10.2. The zero-order valence-corrected chi connectivity index (χ0v) is 27.0. The van der Waals surface area contributed by atoms with Gasteiger partial charge in [0.15, 0.2) is 0 Å². The Labute approximate surface area is 262 Å². The third-order valence-electron chi connectivity index (χ3n) is 6.58. The lowest BCUT2D eigenvalue weighted by Crippen LogP contribution is -2.51. The number of hydrogen-bond acceptors (Lipinski definition) is 4. The Morgan fingerprint density at radius 2 is 0.810 bits per heavy atom. The summed E-state index contributed by atoms with van der Waals surface area (Å²) in [6.45, 7) is 1.59. The van der Waals surface area contributed by atoms with E-state index in [1.54, 1.807) is 24.3 Å². The molecule has 0 unspecified atom stereocenters. The summed E-state index contributed by atoms with van der Waals surface area (Å²) in [5.74, 6) is 0.665. The molecule has 0 N–H and O–H groups in total. The van der Waals surface area contributed by atoms with Crippen LogP contribution in [0.5, 0.6) is 0 Å². The van der Waals surface area contributed by atoms with E-state index in [2.05, 4.69) is 40.7 Å². The summed E-state index contributed by atoms with van der Waals surface area (Å²) in [5, 5.41) is 0. The van der Waals surface area contributed by atoms with Gasteiger partial charge in [-0.05, 0) is 48.5 Å². The van der Waals surface area contributed by atoms with Crippen molar-refractivity contribution in [2.24, 2.45) is 8.80 Å². The number of halogens is 2. The molecule has 0 aromatic heterocycles. The second-order valence-electron chi connectivity index (χ2n) is 9.39. The van der Waals surface area contributed by atoms with Gasteiger partial charge in [0.05, 0.1) is 9.79 Å². The zero-order valence-electron chi connectivity index (χ0n) is 22.2. The summed E-state index contributed by atoms with van der Waals surface area (Å²) in [6.07, 6.45) is 0. The van der Waals surface area contributed by atoms with Crippen LogP contribution in [0, 0.1) is 0 Å². The predicted octanol–water partition coefficient (Wildman–Crippen LogP) is 5.80. The van der Waals surface area contributed by atoms with E-state index in [9.17, 15) is 16.8 Å². The van der Waals surface area contributed by atoms with Crippen molar-refractivity contribution in [3.8, 4) is 0 Å². The smallest absolute Gasteiger partial charge is 0.284 e. The van der Waals surface area contributed by atoms with Gasteiger partial charge in [0.1, 0.15) is 11.7 Å². The van der Waals surface area contributed by atoms with Crippen molar-refractivity contribution in [1.82, 2.24) is 9.80 Å². The fraction of sp³-hybridized carbons (Fsp3) is 0.133. The van der Waals surface area contributed by atoms with E-state index in [1.807, 2.05) is 70.5 Å². The molecule has 4 aromatic rings. The minimum atomic E-state index is -4.00. The Kier molecular flexibility index (Phi) is 9.26. The van der Waals surface area contributed by atoms with E-state index < -0.39 is 20.0 Å². The number of sulfonamides is 2. The van der Waals surface area contributed by atoms with E-state index in [0.717, 1.165) is 8.95 Å². The molecule has 0 spiro atoms. The summed E-state index contributed by atoms with van der Waals surface area (Å²) in [5.41, 5.74) is 1.34. The monoisotopic (exact) mass is 728 g/mol. The molecule has 0 bridgehead atoms. The highest BCUT2D eigenvalue weighted by Crippen LogP contribution is 2.22. The van der Waals surface area contributed by atoms with Gasteiger partial charge in [0.2, 0.25) is 0 Å². The van der Waals surface area contributed by atoms with Crippen LogP contribution in [0.15, 0.2) is 137 Å². The fourth-order valence-electron chi connectivity index (χ4n) is 4.44. The van der Waals surface area contributed by atoms with Gasteiger partial charge in [-0.2, -0.15) is 16.8 Å². The average molecular weight is 731 g/mol. The quantitative estimate of drug-likeness (QED) is 0.184. The van der Waals surface area contributed by atoms with E-state index in [4.69, 9.17) is 0 Å². The van der Waals surface area contributed by atoms with Gasteiger partial charge in [-0.1, -0.05) is 92.5 Å². The first-order chi connectivity index (χ1) is 20.1. The molecule has 0 amide bonds. The minimum Gasteiger partial charge on any atom is -0.352 e. The van der Waals surface area contributed by atoms with Crippen LogP contribution in [-0.4, -0.2) is 64.5 Å². The van der Waals surface area contributed by atoms with Gasteiger partial charge < -0.3 is 9.80 Å². The van der Waals surface area contributed by atoms with Gasteiger partial charge in [-0.3, -0.25) is 0 Å². The number of piperazine rings is 1. The largest absolute Gasteiger partial charge is 0.352 e. The highest BCUT2D eigenvalue weighted by Gasteiger charge is 2.27. The second-order valence-corrected chi connectivity index (χ2v) is 14.4. The first-order valence-electron chi connectivity index (χ1n) is 12.9. The molecular weight excluding hydrogens is 704 g/mol. The number of benzene rings is 4. The lowest BCUT2D eigenvalue weighted by Gasteiger charge is -2.38. The second kappa shape index (κ2) is 12.9. The first-order valence-corrected chi connectivity index (χ1v) is 17.4. The predicted molar refractivity (Wildman–Crippen MR) is 172 cm³/mol. The number of amidine groups is 2. The molecule has 8 nitrogen and oxygen atoms in total. The van der Waals surface area contributed by atoms with Crippen molar-refractivity contribution in [3.05, 3.63) is 129 Å². The SMILES string of the molecule is O=S(=O)(/N=C(\c1ccccc1)N1CCN(/C(=N/S(=O)(=O)c2ccc(Br)cc2)c2ccccc2)CC1)c1ccc(Br)cc1. The van der Waals surface area contributed by atoms with Crippen molar-refractivity contribution in [1.29, 1.82) is 0 Å². The van der Waals surface area contributed by atoms with Gasteiger partial charge in [0.25, 0.3) is 20.0 Å². The molecule has 42 heavy (non-hydrogen) atoms. The molecule has 0 radical (unpaired) electrons. The van der Waals surface area contributed by atoms with Gasteiger partial charge in [0, 0.05) is 46.3 Å². The Bertz CT molecular complexity index is 1670. The molecule has 0 atom stereocenters. The molecule has 5 rings (SSSR count). The minimum absolute atomic E-state index is 0.0920. The molecule has 1 aliphatic rings. The summed E-state index contributed by atoms with van der Waals surface area (Å²) >= 11 is 6.68. The topological polar surface area (TPSA) is 99.5 Å². The summed E-state index contributed by atoms with van der Waals surface area (Å²) in [7, 11) is -8.00. The van der Waals surface area contributed by atoms with Crippen molar-refractivity contribution in [2.45, 2.75) is 9.79 Å². The molecular formula is C30H26Br2N4O4S2. The van der Waals surface area contributed by atoms with Crippen LogP contribution in [0.3, 0.4) is 0 Å². The summed E-state index contributed by atoms with van der Waals surface area (Å²) in [6, 6.07) is 31.0. The van der Waals surface area contributed by atoms with Crippen LogP contribution >= 0.6 is 31.9 Å². The van der Waals surface area contributed by atoms with Crippen LogP contribution in [0.25, 0.3) is 0 Å². The van der Waals surface area contributed by atoms with E-state index >= 15 is 0 Å². The molecule has 0 saturated carbocycles. The van der Waals surface area contributed by atoms with Crippen LogP contribution < -0.4 is 0 Å². The van der Waals surface area contributed by atoms with Crippen LogP contribution in [0.4, 0.5) is 0 Å². The maximum atomic E-state index is 13.3. The molecule has 12 heteroatoms. The summed E-state index contributed by atoms with van der Waals surface area (Å²) < 4.78 is 63.4. The maximum absolute atomic E-state index is 13.3. The highest BCUT2D eigenvalue weighted by molar-refractivity contribution is 9.10. The lowest BCUT2D eigenvalue weighted by atomic mass is 10.1. The van der Waals surface area contributed by atoms with Gasteiger partial charge in [-0.15, -0.1) is 8.80 Å². The summed E-state index contributed by atoms with van der Waals surface area (Å²) in [4.78, 5) is 4.01. The van der Waals surface area contributed by atoms with E-state index in [1.165, 1.54) is 24.3 Å². The Morgan fingerprint density at radius 1 is 0.500 bits per heavy atom. The van der Waals surface area contributed by atoms with Crippen LogP contribution in [0.2, 0.25) is 0 Å². The first kappa shape index (κ1) is 30.1. The van der Waals surface area contributed by atoms with Crippen molar-refractivity contribution >= 4 is 63.6 Å². The Hall–Kier alpha value is -3.32. The Morgan fingerprint density at radius 3 is 1.12 bits per heavy atom. The molecule has 4 aromatic carbocycles. The van der Waals surface area contributed by atoms with E-state index in [0.29, 0.717) is 49.0 Å². The molecule has 216 valence electrons. The Balaban J connectivity index is 1.46. The molecule has 0 aliphatic carbocycles. The third kappa shape index (κ3) is 7.17. The zero-order chi connectivity index (χ0) is 29.7. The van der Waals surface area contributed by atoms with Crippen molar-refractivity contribution in [3.63, 3.8) is 0 Å². The van der Waals surface area contributed by atoms with Crippen molar-refractivity contribution in [2.75, 3.05) is 26.2 Å². The van der Waals surface area contributed by atoms with Gasteiger partial charge >= 0.3 is 0 Å². The number of hydrogen-bond donors (Lipinski definition) is 0. The van der Waals surface area contributed by atoms with Crippen LogP contribution in [-0.2, 0) is 20.0 Å². The normalized spacial score (nSPS) is 15.1. The number of nitrogens with zero attached hydrogens (tertiary/aromatic N) is 4. The molecule has 1 fully saturated rings. The number of rotatable bonds is 6. The highest BCUT2D eigenvalue weighted by atomic mass is 79.9. The average Bonchev–Trinajstić information content (AvgIpc) is 3.00. The molecule has 1 aliphatic heterocycles. The molecule has 1 saturated heterocycles. The molecule has 1 heterocycles. The van der Waals surface area contributed by atoms with E-state index in [-0.39, 0.29) is 9.79 Å².